The normalized spacial score (nSPS) is 20.5. The van der Waals surface area contributed by atoms with Gasteiger partial charge in [-0.25, -0.2) is 9.50 Å². The van der Waals surface area contributed by atoms with Crippen LogP contribution in [0.1, 0.15) is 37.2 Å². The first-order chi connectivity index (χ1) is 12.9. The molecule has 3 aromatic rings. The van der Waals surface area contributed by atoms with Gasteiger partial charge in [-0.2, -0.15) is 5.10 Å². The number of morpholine rings is 1. The van der Waals surface area contributed by atoms with Crippen molar-refractivity contribution in [1.82, 2.24) is 19.5 Å². The molecule has 1 fully saturated rings. The van der Waals surface area contributed by atoms with Crippen molar-refractivity contribution in [2.45, 2.75) is 52.7 Å². The Bertz CT molecular complexity index is 1000. The van der Waals surface area contributed by atoms with Crippen LogP contribution in [-0.4, -0.2) is 50.7 Å². The number of fused-ring (bicyclic) bond motifs is 3. The van der Waals surface area contributed by atoms with Crippen molar-refractivity contribution >= 4 is 22.5 Å². The molecule has 0 unspecified atom stereocenters. The summed E-state index contributed by atoms with van der Waals surface area (Å²) in [4.78, 5) is 19.4. The molecule has 1 aliphatic rings. The Kier molecular flexibility index (Phi) is 4.60. The van der Waals surface area contributed by atoms with Gasteiger partial charge in [0.05, 0.1) is 17.7 Å². The standard InChI is InChI=1S/C21H26N4O2/c1-13-11-24(12-14(2)27-13)20(26)10-9-17-15(3)22-21-18-7-5-6-8-19(18)23-25(21)16(17)4/h5-8,13-14H,9-12H2,1-4H3/t13-,14+. The minimum absolute atomic E-state index is 0.0932. The molecular weight excluding hydrogens is 340 g/mol. The molecule has 0 aliphatic carbocycles. The third-order valence-electron chi connectivity index (χ3n) is 5.38. The molecule has 27 heavy (non-hydrogen) atoms. The number of carbonyl (C=O) groups is 1. The van der Waals surface area contributed by atoms with Gasteiger partial charge in [-0.15, -0.1) is 0 Å². The molecule has 0 radical (unpaired) electrons. The first-order valence-electron chi connectivity index (χ1n) is 9.61. The first-order valence-corrected chi connectivity index (χ1v) is 9.61. The summed E-state index contributed by atoms with van der Waals surface area (Å²) in [5, 5.41) is 5.75. The fourth-order valence-corrected chi connectivity index (χ4v) is 4.11. The zero-order valence-electron chi connectivity index (χ0n) is 16.4. The van der Waals surface area contributed by atoms with Gasteiger partial charge in [-0.3, -0.25) is 4.79 Å². The molecule has 1 saturated heterocycles. The van der Waals surface area contributed by atoms with E-state index in [1.54, 1.807) is 0 Å². The average Bonchev–Trinajstić information content (AvgIpc) is 2.99. The van der Waals surface area contributed by atoms with Gasteiger partial charge in [0.25, 0.3) is 0 Å². The number of hydrogen-bond donors (Lipinski definition) is 0. The lowest BCUT2D eigenvalue weighted by Gasteiger charge is -2.35. The summed E-state index contributed by atoms with van der Waals surface area (Å²) in [6.45, 7) is 9.46. The molecule has 1 amide bonds. The van der Waals surface area contributed by atoms with E-state index in [1.807, 2.05) is 54.5 Å². The molecule has 2 aromatic heterocycles. The fourth-order valence-electron chi connectivity index (χ4n) is 4.11. The van der Waals surface area contributed by atoms with E-state index >= 15 is 0 Å². The number of amides is 1. The van der Waals surface area contributed by atoms with E-state index in [0.29, 0.717) is 25.9 Å². The molecule has 0 N–H and O–H groups in total. The molecule has 6 nitrogen and oxygen atoms in total. The third-order valence-corrected chi connectivity index (χ3v) is 5.38. The van der Waals surface area contributed by atoms with E-state index in [-0.39, 0.29) is 18.1 Å². The van der Waals surface area contributed by atoms with Crippen LogP contribution in [0.25, 0.3) is 16.6 Å². The van der Waals surface area contributed by atoms with Crippen LogP contribution in [0.4, 0.5) is 0 Å². The number of aromatic nitrogens is 3. The number of ether oxygens (including phenoxy) is 1. The van der Waals surface area contributed by atoms with E-state index in [4.69, 9.17) is 14.8 Å². The summed E-state index contributed by atoms with van der Waals surface area (Å²) in [5.74, 6) is 0.182. The zero-order chi connectivity index (χ0) is 19.1. The molecule has 4 rings (SSSR count). The van der Waals surface area contributed by atoms with E-state index in [1.165, 1.54) is 0 Å². The van der Waals surface area contributed by atoms with Crippen LogP contribution in [0.3, 0.4) is 0 Å². The number of carbonyl (C=O) groups excluding carboxylic acids is 1. The molecule has 1 aromatic carbocycles. The highest BCUT2D eigenvalue weighted by molar-refractivity contribution is 5.92. The maximum Gasteiger partial charge on any atom is 0.223 e. The molecule has 142 valence electrons. The molecular formula is C21H26N4O2. The lowest BCUT2D eigenvalue weighted by molar-refractivity contribution is -0.143. The van der Waals surface area contributed by atoms with Gasteiger partial charge >= 0.3 is 0 Å². The topological polar surface area (TPSA) is 59.7 Å². The highest BCUT2D eigenvalue weighted by atomic mass is 16.5. The summed E-state index contributed by atoms with van der Waals surface area (Å²) in [7, 11) is 0. The molecule has 0 bridgehead atoms. The van der Waals surface area contributed by atoms with Gasteiger partial charge in [0, 0.05) is 36.3 Å². The second kappa shape index (κ2) is 6.93. The molecule has 3 heterocycles. The average molecular weight is 366 g/mol. The van der Waals surface area contributed by atoms with Crippen LogP contribution in [0, 0.1) is 13.8 Å². The molecule has 0 spiro atoms. The molecule has 2 atom stereocenters. The van der Waals surface area contributed by atoms with Crippen LogP contribution in [0.5, 0.6) is 0 Å². The van der Waals surface area contributed by atoms with E-state index in [9.17, 15) is 4.79 Å². The second-order valence-corrected chi connectivity index (χ2v) is 7.57. The highest BCUT2D eigenvalue weighted by Gasteiger charge is 2.26. The predicted octanol–water partition coefficient (Wildman–Crippen LogP) is 3.07. The van der Waals surface area contributed by atoms with Gasteiger partial charge in [0.2, 0.25) is 5.91 Å². The van der Waals surface area contributed by atoms with Gasteiger partial charge in [-0.05, 0) is 51.8 Å². The van der Waals surface area contributed by atoms with Crippen molar-refractivity contribution in [1.29, 1.82) is 0 Å². The largest absolute Gasteiger partial charge is 0.372 e. The van der Waals surface area contributed by atoms with Crippen LogP contribution in [-0.2, 0) is 16.0 Å². The Hall–Kier alpha value is -2.47. The monoisotopic (exact) mass is 366 g/mol. The zero-order valence-corrected chi connectivity index (χ0v) is 16.4. The second-order valence-electron chi connectivity index (χ2n) is 7.57. The predicted molar refractivity (Wildman–Crippen MR) is 105 cm³/mol. The summed E-state index contributed by atoms with van der Waals surface area (Å²) < 4.78 is 7.64. The van der Waals surface area contributed by atoms with Gasteiger partial charge in [-0.1, -0.05) is 12.1 Å². The Labute approximate surface area is 159 Å². The van der Waals surface area contributed by atoms with Crippen molar-refractivity contribution < 1.29 is 9.53 Å². The maximum absolute atomic E-state index is 12.7. The first kappa shape index (κ1) is 17.9. The van der Waals surface area contributed by atoms with E-state index in [0.717, 1.165) is 33.5 Å². The van der Waals surface area contributed by atoms with E-state index in [2.05, 4.69) is 6.92 Å². The molecule has 0 saturated carbocycles. The smallest absolute Gasteiger partial charge is 0.223 e. The van der Waals surface area contributed by atoms with Gasteiger partial charge in [0.15, 0.2) is 5.65 Å². The summed E-state index contributed by atoms with van der Waals surface area (Å²) >= 11 is 0. The van der Waals surface area contributed by atoms with Crippen molar-refractivity contribution in [2.24, 2.45) is 0 Å². The molecule has 6 heteroatoms. The number of nitrogens with zero attached hydrogens (tertiary/aromatic N) is 4. The third kappa shape index (κ3) is 3.30. The highest BCUT2D eigenvalue weighted by Crippen LogP contribution is 2.23. The number of rotatable bonds is 3. The van der Waals surface area contributed by atoms with Crippen LogP contribution < -0.4 is 0 Å². The van der Waals surface area contributed by atoms with Crippen LogP contribution in [0.2, 0.25) is 0 Å². The minimum atomic E-state index is 0.0932. The SMILES string of the molecule is Cc1nc2c3ccccc3nn2c(C)c1CCC(=O)N1C[C@@H](C)O[C@@H](C)C1. The lowest BCUT2D eigenvalue weighted by Crippen LogP contribution is -2.48. The quantitative estimate of drug-likeness (QED) is 0.715. The Balaban J connectivity index is 1.58. The summed E-state index contributed by atoms with van der Waals surface area (Å²) in [5.41, 5.74) is 4.97. The van der Waals surface area contributed by atoms with E-state index < -0.39 is 0 Å². The van der Waals surface area contributed by atoms with Gasteiger partial charge < -0.3 is 9.64 Å². The summed E-state index contributed by atoms with van der Waals surface area (Å²) in [6.07, 6.45) is 1.34. The van der Waals surface area contributed by atoms with Crippen molar-refractivity contribution in [3.05, 3.63) is 41.2 Å². The Morgan fingerprint density at radius 1 is 1.19 bits per heavy atom. The number of benzene rings is 1. The lowest BCUT2D eigenvalue weighted by atomic mass is 10.1. The number of hydrogen-bond acceptors (Lipinski definition) is 4. The van der Waals surface area contributed by atoms with Crippen LogP contribution in [0.15, 0.2) is 24.3 Å². The number of aryl methyl sites for hydroxylation is 2. The minimum Gasteiger partial charge on any atom is -0.372 e. The molecule has 1 aliphatic heterocycles. The van der Waals surface area contributed by atoms with Crippen LogP contribution >= 0.6 is 0 Å². The Morgan fingerprint density at radius 2 is 1.89 bits per heavy atom. The summed E-state index contributed by atoms with van der Waals surface area (Å²) in [6, 6.07) is 8.05. The Morgan fingerprint density at radius 3 is 2.63 bits per heavy atom. The van der Waals surface area contributed by atoms with Crippen molar-refractivity contribution in [3.8, 4) is 0 Å². The maximum atomic E-state index is 12.7. The van der Waals surface area contributed by atoms with Crippen molar-refractivity contribution in [2.75, 3.05) is 13.1 Å². The fraction of sp³-hybridized carbons (Fsp3) is 0.476. The van der Waals surface area contributed by atoms with Crippen molar-refractivity contribution in [3.63, 3.8) is 0 Å². The van der Waals surface area contributed by atoms with Gasteiger partial charge in [0.1, 0.15) is 0 Å².